The third-order valence-corrected chi connectivity index (χ3v) is 6.47. The number of amides is 3. The van der Waals surface area contributed by atoms with E-state index in [1.807, 2.05) is 5.32 Å². The van der Waals surface area contributed by atoms with E-state index in [4.69, 9.17) is 9.47 Å². The van der Waals surface area contributed by atoms with Crippen LogP contribution in [0.1, 0.15) is 18.1 Å². The molecule has 1 aliphatic heterocycles. The van der Waals surface area contributed by atoms with Crippen LogP contribution >= 0.6 is 11.8 Å². The second-order valence-electron chi connectivity index (χ2n) is 8.39. The van der Waals surface area contributed by atoms with Crippen LogP contribution in [-0.4, -0.2) is 40.0 Å². The normalized spacial score (nSPS) is 14.0. The van der Waals surface area contributed by atoms with Crippen LogP contribution in [0.5, 0.6) is 11.5 Å². The van der Waals surface area contributed by atoms with E-state index in [1.54, 1.807) is 37.3 Å². The summed E-state index contributed by atoms with van der Waals surface area (Å²) in [6.07, 6.45) is 1.41. The lowest BCUT2D eigenvalue weighted by Crippen LogP contribution is -2.36. The van der Waals surface area contributed by atoms with Gasteiger partial charge in [-0.1, -0.05) is 18.2 Å². The third kappa shape index (κ3) is 6.84. The molecule has 0 unspecified atom stereocenters. The number of imide groups is 1. The molecule has 4 rings (SSSR count). The minimum atomic E-state index is -1.77. The number of non-ortho nitro benzene ring substituents is 1. The van der Waals surface area contributed by atoms with Crippen molar-refractivity contribution in [2.24, 2.45) is 0 Å². The lowest BCUT2D eigenvalue weighted by molar-refractivity contribution is -0.384. The van der Waals surface area contributed by atoms with Crippen LogP contribution in [-0.2, 0) is 16.2 Å². The Morgan fingerprint density at radius 1 is 1.05 bits per heavy atom. The van der Waals surface area contributed by atoms with Crippen molar-refractivity contribution in [1.29, 1.82) is 0 Å². The SMILES string of the molecule is CCOc1cc(/C=C2/SC(=O)N(CC(=O)Nc3ccc(F)c(F)c3F)C2=O)ccc1OCc1cccc([N+](=O)[O-])c1. The Balaban J connectivity index is 1.45. The molecule has 1 heterocycles. The van der Waals surface area contributed by atoms with Gasteiger partial charge in [-0.3, -0.25) is 29.4 Å². The van der Waals surface area contributed by atoms with Gasteiger partial charge >= 0.3 is 0 Å². The van der Waals surface area contributed by atoms with Crippen molar-refractivity contribution in [2.75, 3.05) is 18.5 Å². The number of thioether (sulfide) groups is 1. The number of anilines is 1. The summed E-state index contributed by atoms with van der Waals surface area (Å²) >= 11 is 0.575. The van der Waals surface area contributed by atoms with E-state index in [9.17, 15) is 37.7 Å². The number of carbonyl (C=O) groups is 3. The molecule has 0 aliphatic carbocycles. The number of hydrogen-bond donors (Lipinski definition) is 1. The van der Waals surface area contributed by atoms with E-state index < -0.39 is 51.7 Å². The highest BCUT2D eigenvalue weighted by Gasteiger charge is 2.36. The smallest absolute Gasteiger partial charge is 0.294 e. The number of benzene rings is 3. The molecule has 1 aliphatic rings. The maximum absolute atomic E-state index is 13.9. The van der Waals surface area contributed by atoms with Crippen LogP contribution < -0.4 is 14.8 Å². The topological polar surface area (TPSA) is 128 Å². The van der Waals surface area contributed by atoms with Crippen LogP contribution in [0.3, 0.4) is 0 Å². The van der Waals surface area contributed by atoms with Crippen molar-refractivity contribution >= 4 is 46.3 Å². The van der Waals surface area contributed by atoms with Crippen LogP contribution in [0.15, 0.2) is 59.5 Å². The van der Waals surface area contributed by atoms with Gasteiger partial charge < -0.3 is 14.8 Å². The molecule has 14 heteroatoms. The Kier molecular flexibility index (Phi) is 8.92. The van der Waals surface area contributed by atoms with E-state index in [1.165, 1.54) is 18.2 Å². The average molecular weight is 588 g/mol. The summed E-state index contributed by atoms with van der Waals surface area (Å²) < 4.78 is 51.8. The fourth-order valence-electron chi connectivity index (χ4n) is 3.67. The molecular formula is C27H20F3N3O7S. The first-order valence-electron chi connectivity index (χ1n) is 11.9. The number of nitrogens with one attached hydrogen (secondary N) is 1. The monoisotopic (exact) mass is 587 g/mol. The first-order chi connectivity index (χ1) is 19.6. The van der Waals surface area contributed by atoms with Gasteiger partial charge in [-0.25, -0.2) is 13.2 Å². The predicted molar refractivity (Wildman–Crippen MR) is 143 cm³/mol. The van der Waals surface area contributed by atoms with E-state index in [0.717, 1.165) is 6.07 Å². The van der Waals surface area contributed by atoms with Crippen molar-refractivity contribution < 1.29 is 42.0 Å². The minimum absolute atomic E-state index is 0.00507. The minimum Gasteiger partial charge on any atom is -0.490 e. The molecule has 212 valence electrons. The molecule has 0 radical (unpaired) electrons. The molecule has 41 heavy (non-hydrogen) atoms. The fourth-order valence-corrected chi connectivity index (χ4v) is 4.50. The summed E-state index contributed by atoms with van der Waals surface area (Å²) in [7, 11) is 0. The van der Waals surface area contributed by atoms with Gasteiger partial charge in [0.05, 0.1) is 22.1 Å². The predicted octanol–water partition coefficient (Wildman–Crippen LogP) is 5.66. The highest BCUT2D eigenvalue weighted by Crippen LogP contribution is 2.35. The Morgan fingerprint density at radius 3 is 2.56 bits per heavy atom. The second kappa shape index (κ2) is 12.6. The number of nitro groups is 1. The van der Waals surface area contributed by atoms with E-state index in [2.05, 4.69) is 0 Å². The molecule has 10 nitrogen and oxygen atoms in total. The number of carbonyl (C=O) groups excluding carboxylic acids is 3. The zero-order valence-corrected chi connectivity index (χ0v) is 22.0. The van der Waals surface area contributed by atoms with Crippen molar-refractivity contribution in [1.82, 2.24) is 4.90 Å². The highest BCUT2D eigenvalue weighted by molar-refractivity contribution is 8.18. The molecule has 3 aromatic carbocycles. The lowest BCUT2D eigenvalue weighted by atomic mass is 10.1. The summed E-state index contributed by atoms with van der Waals surface area (Å²) in [5.74, 6) is -5.96. The van der Waals surface area contributed by atoms with Gasteiger partial charge in [0.1, 0.15) is 13.2 Å². The number of nitrogens with zero attached hydrogens (tertiary/aromatic N) is 2. The summed E-state index contributed by atoms with van der Waals surface area (Å²) in [4.78, 5) is 48.7. The number of hydrogen-bond acceptors (Lipinski definition) is 8. The summed E-state index contributed by atoms with van der Waals surface area (Å²) in [5, 5.41) is 12.3. The van der Waals surface area contributed by atoms with Gasteiger partial charge in [0, 0.05) is 12.1 Å². The zero-order valence-electron chi connectivity index (χ0n) is 21.2. The van der Waals surface area contributed by atoms with Crippen LogP contribution in [0, 0.1) is 27.6 Å². The van der Waals surface area contributed by atoms with Gasteiger partial charge in [0.2, 0.25) is 5.91 Å². The fraction of sp³-hybridized carbons (Fsp3) is 0.148. The summed E-state index contributed by atoms with van der Waals surface area (Å²) in [5.41, 5.74) is 0.313. The van der Waals surface area contributed by atoms with Crippen molar-refractivity contribution in [3.63, 3.8) is 0 Å². The summed E-state index contributed by atoms with van der Waals surface area (Å²) in [6.45, 7) is 1.27. The van der Waals surface area contributed by atoms with E-state index in [0.29, 0.717) is 45.4 Å². The molecular weight excluding hydrogens is 567 g/mol. The first kappa shape index (κ1) is 29.1. The van der Waals surface area contributed by atoms with Crippen molar-refractivity contribution in [3.05, 3.63) is 98.2 Å². The largest absolute Gasteiger partial charge is 0.490 e. The standard InChI is InChI=1S/C27H20F3N3O7S/c1-2-39-21-11-15(6-9-20(21)40-14-16-4-3-5-17(10-16)33(37)38)12-22-26(35)32(27(36)41-22)13-23(34)31-19-8-7-18(28)24(29)25(19)30/h3-12H,2,13-14H2,1H3,(H,31,34)/b22-12+. The highest BCUT2D eigenvalue weighted by atomic mass is 32.2. The maximum atomic E-state index is 13.9. The first-order valence-corrected chi connectivity index (χ1v) is 12.7. The van der Waals surface area contributed by atoms with Crippen molar-refractivity contribution in [3.8, 4) is 11.5 Å². The van der Waals surface area contributed by atoms with Gasteiger partial charge in [-0.15, -0.1) is 0 Å². The van der Waals surface area contributed by atoms with Crippen molar-refractivity contribution in [2.45, 2.75) is 13.5 Å². The van der Waals surface area contributed by atoms with Gasteiger partial charge in [-0.2, -0.15) is 0 Å². The third-order valence-electron chi connectivity index (χ3n) is 5.57. The van der Waals surface area contributed by atoms with Crippen LogP contribution in [0.4, 0.5) is 29.3 Å². The maximum Gasteiger partial charge on any atom is 0.294 e. The summed E-state index contributed by atoms with van der Waals surface area (Å²) in [6, 6.07) is 12.1. The second-order valence-corrected chi connectivity index (χ2v) is 9.39. The number of rotatable bonds is 10. The Hall–Kier alpha value is -4.85. The van der Waals surface area contributed by atoms with E-state index in [-0.39, 0.29) is 23.8 Å². The number of ether oxygens (including phenoxy) is 2. The molecule has 0 aromatic heterocycles. The Labute approximate surface area is 234 Å². The van der Waals surface area contributed by atoms with Gasteiger partial charge in [0.25, 0.3) is 16.8 Å². The number of nitro benzene ring substituents is 1. The molecule has 0 spiro atoms. The molecule has 0 bridgehead atoms. The quantitative estimate of drug-likeness (QED) is 0.139. The Bertz CT molecular complexity index is 1580. The van der Waals surface area contributed by atoms with Crippen LogP contribution in [0.2, 0.25) is 0 Å². The average Bonchev–Trinajstić information content (AvgIpc) is 3.20. The van der Waals surface area contributed by atoms with Gasteiger partial charge in [0.15, 0.2) is 29.0 Å². The van der Waals surface area contributed by atoms with E-state index >= 15 is 0 Å². The molecule has 3 aromatic rings. The molecule has 1 fully saturated rings. The molecule has 1 saturated heterocycles. The molecule has 3 amide bonds. The molecule has 0 atom stereocenters. The van der Waals surface area contributed by atoms with Gasteiger partial charge in [-0.05, 0) is 60.2 Å². The number of halogens is 3. The molecule has 1 N–H and O–H groups in total. The zero-order chi connectivity index (χ0) is 29.7. The molecule has 0 saturated carbocycles. The Morgan fingerprint density at radius 2 is 1.83 bits per heavy atom. The van der Waals surface area contributed by atoms with Crippen LogP contribution in [0.25, 0.3) is 6.08 Å². The lowest BCUT2D eigenvalue weighted by Gasteiger charge is -2.13.